The summed E-state index contributed by atoms with van der Waals surface area (Å²) in [5.74, 6) is -0.655. The van der Waals surface area contributed by atoms with Crippen LogP contribution in [0, 0.1) is 0 Å². The van der Waals surface area contributed by atoms with Crippen LogP contribution in [0.15, 0.2) is 36.5 Å². The van der Waals surface area contributed by atoms with E-state index in [9.17, 15) is 18.0 Å². The third-order valence-corrected chi connectivity index (χ3v) is 3.72. The normalized spacial score (nSPS) is 11.3. The number of methoxy groups -OCH3 is 1. The molecule has 0 aliphatic carbocycles. The van der Waals surface area contributed by atoms with Gasteiger partial charge in [-0.15, -0.1) is 0 Å². The topological polar surface area (TPSA) is 63.2 Å². The molecule has 1 heterocycles. The number of benzene rings is 1. The smallest absolute Gasteiger partial charge is 0.385 e. The second-order valence-corrected chi connectivity index (χ2v) is 5.76. The van der Waals surface area contributed by atoms with E-state index in [4.69, 9.17) is 16.3 Å². The summed E-state index contributed by atoms with van der Waals surface area (Å²) in [5.41, 5.74) is -0.258. The molecule has 2 N–H and O–H groups in total. The molecule has 0 atom stereocenters. The predicted octanol–water partition coefficient (Wildman–Crippen LogP) is 4.45. The zero-order valence-electron chi connectivity index (χ0n) is 13.9. The molecule has 0 fully saturated rings. The zero-order chi connectivity index (χ0) is 19.2. The van der Waals surface area contributed by atoms with Crippen molar-refractivity contribution in [2.45, 2.75) is 12.6 Å². The number of halogens is 4. The minimum atomic E-state index is -4.53. The first-order valence-corrected chi connectivity index (χ1v) is 8.06. The van der Waals surface area contributed by atoms with Crippen molar-refractivity contribution in [1.82, 2.24) is 4.98 Å². The van der Waals surface area contributed by atoms with Crippen LogP contribution in [0.25, 0.3) is 0 Å². The first-order valence-electron chi connectivity index (χ1n) is 7.68. The average Bonchev–Trinajstić information content (AvgIpc) is 2.60. The SMILES string of the molecule is COCCCNc1ccc(C(=O)Nc2cc(C(F)(F)F)ccc2Cl)nc1. The molecule has 2 rings (SSSR count). The summed E-state index contributed by atoms with van der Waals surface area (Å²) < 4.78 is 43.3. The fourth-order valence-electron chi connectivity index (χ4n) is 2.07. The molecule has 2 aromatic rings. The van der Waals surface area contributed by atoms with Crippen molar-refractivity contribution in [3.8, 4) is 0 Å². The molecule has 9 heteroatoms. The minimum absolute atomic E-state index is 0.00257. The van der Waals surface area contributed by atoms with Gasteiger partial charge >= 0.3 is 6.18 Å². The lowest BCUT2D eigenvalue weighted by Gasteiger charge is -2.11. The van der Waals surface area contributed by atoms with Crippen molar-refractivity contribution >= 4 is 28.9 Å². The number of pyridine rings is 1. The van der Waals surface area contributed by atoms with Crippen LogP contribution in [0.5, 0.6) is 0 Å². The van der Waals surface area contributed by atoms with Crippen LogP contribution in [0.2, 0.25) is 5.02 Å². The van der Waals surface area contributed by atoms with Crippen LogP contribution in [-0.4, -0.2) is 31.2 Å². The molecule has 0 spiro atoms. The van der Waals surface area contributed by atoms with E-state index in [1.807, 2.05) is 0 Å². The molecular weight excluding hydrogens is 371 g/mol. The molecule has 140 valence electrons. The van der Waals surface area contributed by atoms with E-state index in [0.717, 1.165) is 30.3 Å². The summed E-state index contributed by atoms with van der Waals surface area (Å²) in [5, 5.41) is 5.46. The summed E-state index contributed by atoms with van der Waals surface area (Å²) in [6.07, 6.45) is -2.25. The number of nitrogens with zero attached hydrogens (tertiary/aromatic N) is 1. The van der Waals surface area contributed by atoms with Crippen LogP contribution in [0.1, 0.15) is 22.5 Å². The molecule has 0 aliphatic rings. The van der Waals surface area contributed by atoms with Crippen LogP contribution in [0.3, 0.4) is 0 Å². The number of anilines is 2. The molecular formula is C17H17ClF3N3O2. The molecule has 0 aliphatic heterocycles. The fourth-order valence-corrected chi connectivity index (χ4v) is 2.23. The number of hydrogen-bond acceptors (Lipinski definition) is 4. The number of aromatic nitrogens is 1. The monoisotopic (exact) mass is 387 g/mol. The zero-order valence-corrected chi connectivity index (χ0v) is 14.6. The highest BCUT2D eigenvalue weighted by molar-refractivity contribution is 6.33. The number of hydrogen-bond donors (Lipinski definition) is 2. The molecule has 1 aromatic carbocycles. The van der Waals surface area contributed by atoms with Crippen molar-refractivity contribution in [1.29, 1.82) is 0 Å². The van der Waals surface area contributed by atoms with E-state index in [2.05, 4.69) is 15.6 Å². The Balaban J connectivity index is 2.03. The lowest BCUT2D eigenvalue weighted by molar-refractivity contribution is -0.137. The lowest BCUT2D eigenvalue weighted by atomic mass is 10.2. The molecule has 1 aromatic heterocycles. The van der Waals surface area contributed by atoms with E-state index in [1.54, 1.807) is 13.2 Å². The molecule has 5 nitrogen and oxygen atoms in total. The molecule has 0 saturated carbocycles. The van der Waals surface area contributed by atoms with Gasteiger partial charge in [0.1, 0.15) is 5.69 Å². The van der Waals surface area contributed by atoms with Crippen LogP contribution >= 0.6 is 11.6 Å². The van der Waals surface area contributed by atoms with E-state index in [1.165, 1.54) is 12.3 Å². The summed E-state index contributed by atoms with van der Waals surface area (Å²) in [4.78, 5) is 16.2. The highest BCUT2D eigenvalue weighted by atomic mass is 35.5. The Kier molecular flexibility index (Phi) is 6.82. The maximum Gasteiger partial charge on any atom is 0.416 e. The number of amides is 1. The third-order valence-electron chi connectivity index (χ3n) is 3.39. The number of ether oxygens (including phenoxy) is 1. The fraction of sp³-hybridized carbons (Fsp3) is 0.294. The predicted molar refractivity (Wildman–Crippen MR) is 93.6 cm³/mol. The Morgan fingerprint density at radius 2 is 2.04 bits per heavy atom. The largest absolute Gasteiger partial charge is 0.416 e. The van der Waals surface area contributed by atoms with E-state index in [0.29, 0.717) is 13.2 Å². The number of rotatable bonds is 7. The molecule has 0 radical (unpaired) electrons. The molecule has 0 saturated heterocycles. The summed E-state index contributed by atoms with van der Waals surface area (Å²) in [7, 11) is 1.62. The Labute approximate surface area is 153 Å². The Morgan fingerprint density at radius 1 is 1.27 bits per heavy atom. The van der Waals surface area contributed by atoms with E-state index in [-0.39, 0.29) is 16.4 Å². The number of carbonyl (C=O) groups excluding carboxylic acids is 1. The van der Waals surface area contributed by atoms with E-state index < -0.39 is 17.6 Å². The van der Waals surface area contributed by atoms with Crippen molar-refractivity contribution in [2.24, 2.45) is 0 Å². The van der Waals surface area contributed by atoms with Crippen LogP contribution in [-0.2, 0) is 10.9 Å². The van der Waals surface area contributed by atoms with Gasteiger partial charge in [-0.05, 0) is 36.8 Å². The van der Waals surface area contributed by atoms with Crippen molar-refractivity contribution in [3.05, 3.63) is 52.8 Å². The van der Waals surface area contributed by atoms with Crippen LogP contribution < -0.4 is 10.6 Å². The first kappa shape index (κ1) is 20.0. The number of nitrogens with one attached hydrogen (secondary N) is 2. The van der Waals surface area contributed by atoms with Gasteiger partial charge in [0.05, 0.1) is 28.2 Å². The van der Waals surface area contributed by atoms with Gasteiger partial charge in [0.15, 0.2) is 0 Å². The summed E-state index contributed by atoms with van der Waals surface area (Å²) >= 11 is 5.86. The van der Waals surface area contributed by atoms with Gasteiger partial charge in [-0.3, -0.25) is 4.79 Å². The van der Waals surface area contributed by atoms with Crippen molar-refractivity contribution < 1.29 is 22.7 Å². The second-order valence-electron chi connectivity index (χ2n) is 5.35. The minimum Gasteiger partial charge on any atom is -0.385 e. The van der Waals surface area contributed by atoms with Gasteiger partial charge in [-0.2, -0.15) is 13.2 Å². The van der Waals surface area contributed by atoms with Gasteiger partial charge in [0.25, 0.3) is 5.91 Å². The summed E-state index contributed by atoms with van der Waals surface area (Å²) in [6.45, 7) is 1.31. The standard InChI is InChI=1S/C17H17ClF3N3O2/c1-26-8-2-7-22-12-4-6-14(23-10-12)16(25)24-15-9-11(17(19,20)21)3-5-13(15)18/h3-6,9-10,22H,2,7-8H2,1H3,(H,24,25). The number of alkyl halides is 3. The maximum atomic E-state index is 12.8. The average molecular weight is 388 g/mol. The third kappa shape index (κ3) is 5.60. The van der Waals surface area contributed by atoms with Gasteiger partial charge in [0, 0.05) is 20.3 Å². The second kappa shape index (κ2) is 8.86. The molecule has 1 amide bonds. The van der Waals surface area contributed by atoms with Gasteiger partial charge in [-0.1, -0.05) is 11.6 Å². The lowest BCUT2D eigenvalue weighted by Crippen LogP contribution is -2.15. The van der Waals surface area contributed by atoms with Crippen LogP contribution in [0.4, 0.5) is 24.5 Å². The molecule has 26 heavy (non-hydrogen) atoms. The highest BCUT2D eigenvalue weighted by Gasteiger charge is 2.31. The Morgan fingerprint density at radius 3 is 2.65 bits per heavy atom. The Hall–Kier alpha value is -2.32. The van der Waals surface area contributed by atoms with Crippen molar-refractivity contribution in [3.63, 3.8) is 0 Å². The van der Waals surface area contributed by atoms with E-state index >= 15 is 0 Å². The van der Waals surface area contributed by atoms with Gasteiger partial charge in [-0.25, -0.2) is 4.98 Å². The maximum absolute atomic E-state index is 12.8. The Bertz CT molecular complexity index is 752. The number of carbonyl (C=O) groups is 1. The van der Waals surface area contributed by atoms with Gasteiger partial charge < -0.3 is 15.4 Å². The first-order chi connectivity index (χ1) is 12.3. The van der Waals surface area contributed by atoms with Gasteiger partial charge in [0.2, 0.25) is 0 Å². The molecule has 0 unspecified atom stereocenters. The van der Waals surface area contributed by atoms with Crippen molar-refractivity contribution in [2.75, 3.05) is 30.9 Å². The molecule has 0 bridgehead atoms. The quantitative estimate of drug-likeness (QED) is 0.689. The highest BCUT2D eigenvalue weighted by Crippen LogP contribution is 2.33. The summed E-state index contributed by atoms with van der Waals surface area (Å²) in [6, 6.07) is 5.84.